The van der Waals surface area contributed by atoms with Crippen LogP contribution in [-0.2, 0) is 14.2 Å². The average Bonchev–Trinajstić information content (AvgIpc) is 1.93. The normalized spacial score (nSPS) is 53.4. The van der Waals surface area contributed by atoms with Crippen molar-refractivity contribution in [3.05, 3.63) is 0 Å². The van der Waals surface area contributed by atoms with Gasteiger partial charge in [-0.2, -0.15) is 0 Å². The van der Waals surface area contributed by atoms with E-state index in [9.17, 15) is 0 Å². The molecule has 0 amide bonds. The fourth-order valence-corrected chi connectivity index (χ4v) is 1.06. The number of rotatable bonds is 0. The van der Waals surface area contributed by atoms with Crippen molar-refractivity contribution >= 4 is 0 Å². The summed E-state index contributed by atoms with van der Waals surface area (Å²) in [5.41, 5.74) is 6.96. The third-order valence-electron chi connectivity index (χ3n) is 1.83. The van der Waals surface area contributed by atoms with Crippen LogP contribution in [0, 0.1) is 0 Å². The molecule has 3 fully saturated rings. The highest BCUT2D eigenvalue weighted by atomic mass is 16.9. The summed E-state index contributed by atoms with van der Waals surface area (Å²) >= 11 is 0. The first-order valence-electron chi connectivity index (χ1n) is 3.29. The lowest BCUT2D eigenvalue weighted by Crippen LogP contribution is -2.63. The summed E-state index contributed by atoms with van der Waals surface area (Å²) in [5.74, 6) is -0.858. The van der Waals surface area contributed by atoms with Crippen molar-refractivity contribution in [1.29, 1.82) is 0 Å². The van der Waals surface area contributed by atoms with E-state index in [0.29, 0.717) is 19.8 Å². The van der Waals surface area contributed by atoms with Crippen LogP contribution in [0.1, 0.15) is 6.92 Å². The van der Waals surface area contributed by atoms with Crippen molar-refractivity contribution in [1.82, 2.24) is 5.73 Å². The Bertz CT molecular complexity index is 117. The minimum absolute atomic E-state index is 0.420. The Balaban J connectivity index is 2.16. The van der Waals surface area contributed by atoms with Crippen molar-refractivity contribution in [2.45, 2.75) is 18.4 Å². The molecule has 1 radical (unpaired) electrons. The highest BCUT2D eigenvalue weighted by Gasteiger charge is 2.48. The van der Waals surface area contributed by atoms with Gasteiger partial charge in [0.25, 0.3) is 5.97 Å². The first-order chi connectivity index (χ1) is 4.62. The van der Waals surface area contributed by atoms with Crippen LogP contribution in [0.4, 0.5) is 0 Å². The zero-order valence-electron chi connectivity index (χ0n) is 5.85. The monoisotopic (exact) mass is 144 g/mol. The lowest BCUT2D eigenvalue weighted by atomic mass is 10.0. The quantitative estimate of drug-likeness (QED) is 0.471. The van der Waals surface area contributed by atoms with E-state index in [2.05, 4.69) is 0 Å². The van der Waals surface area contributed by atoms with Gasteiger partial charge in [-0.3, -0.25) is 0 Å². The van der Waals surface area contributed by atoms with Crippen molar-refractivity contribution in [2.75, 3.05) is 19.8 Å². The van der Waals surface area contributed by atoms with Crippen molar-refractivity contribution in [3.63, 3.8) is 0 Å². The third kappa shape index (κ3) is 0.845. The largest absolute Gasteiger partial charge is 0.325 e. The van der Waals surface area contributed by atoms with Gasteiger partial charge in [0, 0.05) is 6.92 Å². The van der Waals surface area contributed by atoms with Gasteiger partial charge in [-0.25, -0.2) is 5.73 Å². The van der Waals surface area contributed by atoms with Crippen LogP contribution in [0.5, 0.6) is 0 Å². The zero-order chi connectivity index (χ0) is 7.24. The van der Waals surface area contributed by atoms with Gasteiger partial charge in [-0.1, -0.05) is 0 Å². The lowest BCUT2D eigenvalue weighted by molar-refractivity contribution is -0.443. The molecule has 3 aliphatic rings. The van der Waals surface area contributed by atoms with Gasteiger partial charge in [0.2, 0.25) is 0 Å². The maximum Gasteiger partial charge on any atom is 0.280 e. The van der Waals surface area contributed by atoms with Crippen molar-refractivity contribution < 1.29 is 14.2 Å². The molecule has 0 spiro atoms. The van der Waals surface area contributed by atoms with E-state index >= 15 is 0 Å². The molecular formula is C6H10NO3. The van der Waals surface area contributed by atoms with E-state index in [4.69, 9.17) is 19.9 Å². The summed E-state index contributed by atoms with van der Waals surface area (Å²) in [5, 5.41) is 0. The highest BCUT2D eigenvalue weighted by Crippen LogP contribution is 2.31. The molecule has 3 heterocycles. The van der Waals surface area contributed by atoms with Gasteiger partial charge < -0.3 is 14.2 Å². The van der Waals surface area contributed by atoms with Gasteiger partial charge in [-0.15, -0.1) is 0 Å². The van der Waals surface area contributed by atoms with E-state index in [0.717, 1.165) is 0 Å². The van der Waals surface area contributed by atoms with E-state index < -0.39 is 11.5 Å². The Kier molecular flexibility index (Phi) is 1.12. The average molecular weight is 144 g/mol. The van der Waals surface area contributed by atoms with Crippen LogP contribution in [0.25, 0.3) is 0 Å². The van der Waals surface area contributed by atoms with Gasteiger partial charge in [0.15, 0.2) is 0 Å². The van der Waals surface area contributed by atoms with Crippen LogP contribution < -0.4 is 5.73 Å². The molecule has 0 aromatic heterocycles. The Morgan fingerprint density at radius 3 is 1.80 bits per heavy atom. The molecule has 3 aliphatic heterocycles. The standard InChI is InChI=1S/C6H10NO3/c1-5-8-2-6(7,3-9-5)4-10-5/h7H,2-4H2,1H3. The SMILES string of the molecule is CC12OCC([NH])(CO1)CO2. The topological polar surface area (TPSA) is 51.5 Å². The number of fused-ring (bicyclic) bond motifs is 3. The van der Waals surface area contributed by atoms with Gasteiger partial charge in [-0.05, 0) is 0 Å². The molecule has 0 unspecified atom stereocenters. The predicted octanol–water partition coefficient (Wildman–Crippen LogP) is -0.241. The number of hydrogen-bond donors (Lipinski definition) is 0. The van der Waals surface area contributed by atoms with E-state index in [1.54, 1.807) is 6.92 Å². The van der Waals surface area contributed by atoms with Gasteiger partial charge in [0.05, 0.1) is 19.8 Å². The van der Waals surface area contributed by atoms with Crippen LogP contribution in [0.2, 0.25) is 0 Å². The molecular weight excluding hydrogens is 134 g/mol. The highest BCUT2D eigenvalue weighted by molar-refractivity contribution is 4.90. The molecule has 2 bridgehead atoms. The molecule has 57 valence electrons. The van der Waals surface area contributed by atoms with Crippen LogP contribution in [0.3, 0.4) is 0 Å². The Morgan fingerprint density at radius 1 is 1.10 bits per heavy atom. The minimum atomic E-state index is -0.858. The summed E-state index contributed by atoms with van der Waals surface area (Å²) < 4.78 is 15.4. The van der Waals surface area contributed by atoms with Crippen LogP contribution in [-0.4, -0.2) is 31.3 Å². The Hall–Kier alpha value is -0.160. The number of hydrogen-bond acceptors (Lipinski definition) is 3. The molecule has 1 N–H and O–H groups in total. The second kappa shape index (κ2) is 1.71. The summed E-state index contributed by atoms with van der Waals surface area (Å²) in [6, 6.07) is 0. The molecule has 0 aliphatic carbocycles. The Morgan fingerprint density at radius 2 is 1.50 bits per heavy atom. The summed E-state index contributed by atoms with van der Waals surface area (Å²) in [6.07, 6.45) is 0. The maximum absolute atomic E-state index is 7.62. The second-order valence-corrected chi connectivity index (χ2v) is 3.01. The maximum atomic E-state index is 7.62. The third-order valence-corrected chi connectivity index (χ3v) is 1.83. The first kappa shape index (κ1) is 6.54. The zero-order valence-corrected chi connectivity index (χ0v) is 5.85. The van der Waals surface area contributed by atoms with Crippen molar-refractivity contribution in [3.8, 4) is 0 Å². The molecule has 10 heavy (non-hydrogen) atoms. The smallest absolute Gasteiger partial charge is 0.280 e. The molecule has 0 aromatic rings. The molecule has 0 saturated carbocycles. The molecule has 4 heteroatoms. The van der Waals surface area contributed by atoms with Gasteiger partial charge in [0.1, 0.15) is 5.54 Å². The minimum Gasteiger partial charge on any atom is -0.325 e. The number of nitrogens with one attached hydrogen (secondary N) is 1. The fourth-order valence-electron chi connectivity index (χ4n) is 1.06. The summed E-state index contributed by atoms with van der Waals surface area (Å²) in [7, 11) is 0. The lowest BCUT2D eigenvalue weighted by Gasteiger charge is -2.47. The van der Waals surface area contributed by atoms with Crippen LogP contribution in [0.15, 0.2) is 0 Å². The van der Waals surface area contributed by atoms with Crippen molar-refractivity contribution in [2.24, 2.45) is 0 Å². The Labute approximate surface area is 59.2 Å². The number of ether oxygens (including phenoxy) is 3. The summed E-state index contributed by atoms with van der Waals surface area (Å²) in [6.45, 7) is 2.99. The molecule has 4 nitrogen and oxygen atoms in total. The first-order valence-corrected chi connectivity index (χ1v) is 3.29. The molecule has 3 rings (SSSR count). The molecule has 0 aromatic carbocycles. The predicted molar refractivity (Wildman–Crippen MR) is 32.1 cm³/mol. The van der Waals surface area contributed by atoms with Crippen LogP contribution >= 0.6 is 0 Å². The fraction of sp³-hybridized carbons (Fsp3) is 1.00. The van der Waals surface area contributed by atoms with E-state index in [1.807, 2.05) is 0 Å². The van der Waals surface area contributed by atoms with Gasteiger partial charge >= 0.3 is 0 Å². The van der Waals surface area contributed by atoms with E-state index in [1.165, 1.54) is 0 Å². The van der Waals surface area contributed by atoms with E-state index in [-0.39, 0.29) is 0 Å². The molecule has 3 saturated heterocycles. The second-order valence-electron chi connectivity index (χ2n) is 3.01. The summed E-state index contributed by atoms with van der Waals surface area (Å²) in [4.78, 5) is 0. The molecule has 0 atom stereocenters.